The van der Waals surface area contributed by atoms with Gasteiger partial charge in [-0.3, -0.25) is 4.79 Å². The number of hydrogen-bond acceptors (Lipinski definition) is 2. The molecule has 2 rings (SSSR count). The maximum absolute atomic E-state index is 10.7. The lowest BCUT2D eigenvalue weighted by atomic mass is 10.0. The van der Waals surface area contributed by atoms with E-state index in [0.717, 1.165) is 23.8 Å². The minimum Gasteiger partial charge on any atom is -0.481 e. The van der Waals surface area contributed by atoms with Crippen LogP contribution < -0.4 is 0 Å². The summed E-state index contributed by atoms with van der Waals surface area (Å²) < 4.78 is 1.25. The fourth-order valence-electron chi connectivity index (χ4n) is 1.96. The first-order chi connectivity index (χ1) is 7.72. The molecule has 0 spiro atoms. The molecule has 16 heavy (non-hydrogen) atoms. The second-order valence-electron chi connectivity index (χ2n) is 3.87. The number of aryl methyl sites for hydroxylation is 1. The zero-order valence-corrected chi connectivity index (χ0v) is 10.0. The van der Waals surface area contributed by atoms with Crippen molar-refractivity contribution in [1.82, 2.24) is 0 Å². The van der Waals surface area contributed by atoms with Crippen LogP contribution in [-0.2, 0) is 17.6 Å². The number of carboxylic acids is 1. The summed E-state index contributed by atoms with van der Waals surface area (Å²) in [4.78, 5) is 10.7. The highest BCUT2D eigenvalue weighted by Gasteiger charge is 2.09. The molecule has 0 bridgehead atoms. The molecule has 0 unspecified atom stereocenters. The van der Waals surface area contributed by atoms with Gasteiger partial charge in [0.25, 0.3) is 0 Å². The molecule has 0 aliphatic heterocycles. The molecule has 0 saturated heterocycles. The fraction of sp³-hybridized carbons (Fsp3) is 0.308. The molecule has 2 aromatic rings. The Balaban J connectivity index is 2.50. The van der Waals surface area contributed by atoms with E-state index < -0.39 is 5.97 Å². The molecule has 0 atom stereocenters. The first-order valence-corrected chi connectivity index (χ1v) is 6.30. The minimum absolute atomic E-state index is 0.111. The summed E-state index contributed by atoms with van der Waals surface area (Å²) in [7, 11) is 0. The Morgan fingerprint density at radius 1 is 1.31 bits per heavy atom. The topological polar surface area (TPSA) is 37.3 Å². The van der Waals surface area contributed by atoms with Crippen molar-refractivity contribution >= 4 is 27.4 Å². The molecular formula is C13H14O2S. The Labute approximate surface area is 98.5 Å². The van der Waals surface area contributed by atoms with Gasteiger partial charge in [-0.25, -0.2) is 0 Å². The van der Waals surface area contributed by atoms with Crippen LogP contribution in [0.2, 0.25) is 0 Å². The van der Waals surface area contributed by atoms with E-state index in [0.29, 0.717) is 0 Å². The van der Waals surface area contributed by atoms with Crippen molar-refractivity contribution in [2.24, 2.45) is 0 Å². The molecule has 1 heterocycles. The number of aliphatic carboxylic acids is 1. The zero-order valence-electron chi connectivity index (χ0n) is 9.19. The highest BCUT2D eigenvalue weighted by molar-refractivity contribution is 7.17. The van der Waals surface area contributed by atoms with Gasteiger partial charge >= 0.3 is 5.97 Å². The molecule has 0 radical (unpaired) electrons. The Morgan fingerprint density at radius 2 is 2.06 bits per heavy atom. The Morgan fingerprint density at radius 3 is 2.75 bits per heavy atom. The molecule has 0 saturated carbocycles. The van der Waals surface area contributed by atoms with Gasteiger partial charge in [-0.15, -0.1) is 11.3 Å². The van der Waals surface area contributed by atoms with Crippen LogP contribution in [0.5, 0.6) is 0 Å². The number of rotatable bonds is 4. The van der Waals surface area contributed by atoms with Gasteiger partial charge < -0.3 is 5.11 Å². The number of fused-ring (bicyclic) bond motifs is 1. The van der Waals surface area contributed by atoms with E-state index in [1.165, 1.54) is 10.3 Å². The zero-order chi connectivity index (χ0) is 11.5. The van der Waals surface area contributed by atoms with Gasteiger partial charge in [0.2, 0.25) is 0 Å². The summed E-state index contributed by atoms with van der Waals surface area (Å²) in [6.07, 6.45) is 2.29. The Hall–Kier alpha value is -1.35. The third-order valence-corrected chi connectivity index (χ3v) is 3.64. The average molecular weight is 234 g/mol. The predicted octanol–water partition coefficient (Wildman–Crippen LogP) is 3.48. The average Bonchev–Trinajstić information content (AvgIpc) is 2.70. The summed E-state index contributed by atoms with van der Waals surface area (Å²) in [5.41, 5.74) is 2.25. The van der Waals surface area contributed by atoms with Gasteiger partial charge in [0.15, 0.2) is 0 Å². The number of hydrogen-bond donors (Lipinski definition) is 1. The van der Waals surface area contributed by atoms with Crippen molar-refractivity contribution in [2.75, 3.05) is 0 Å². The van der Waals surface area contributed by atoms with Crippen molar-refractivity contribution in [1.29, 1.82) is 0 Å². The molecular weight excluding hydrogens is 220 g/mol. The third kappa shape index (κ3) is 2.09. The SMILES string of the molecule is CCCc1ccc(CC(=O)O)c2ccsc12. The normalized spacial score (nSPS) is 10.8. The van der Waals surface area contributed by atoms with E-state index >= 15 is 0 Å². The van der Waals surface area contributed by atoms with Crippen LogP contribution in [0.15, 0.2) is 23.6 Å². The van der Waals surface area contributed by atoms with Crippen molar-refractivity contribution in [3.63, 3.8) is 0 Å². The standard InChI is InChI=1S/C13H14O2S/c1-2-3-9-4-5-10(8-12(14)15)11-6-7-16-13(9)11/h4-7H,2-3,8H2,1H3,(H,14,15). The number of thiophene rings is 1. The van der Waals surface area contributed by atoms with Gasteiger partial charge in [0.1, 0.15) is 0 Å². The molecule has 1 N–H and O–H groups in total. The number of carbonyl (C=O) groups is 1. The Bertz CT molecular complexity index is 514. The van der Waals surface area contributed by atoms with Crippen molar-refractivity contribution < 1.29 is 9.90 Å². The van der Waals surface area contributed by atoms with E-state index in [-0.39, 0.29) is 6.42 Å². The molecule has 1 aromatic heterocycles. The van der Waals surface area contributed by atoms with Crippen LogP contribution in [0.3, 0.4) is 0 Å². The second kappa shape index (κ2) is 4.66. The largest absolute Gasteiger partial charge is 0.481 e. The van der Waals surface area contributed by atoms with Gasteiger partial charge in [0.05, 0.1) is 6.42 Å². The van der Waals surface area contributed by atoms with Crippen LogP contribution in [0.4, 0.5) is 0 Å². The minimum atomic E-state index is -0.768. The van der Waals surface area contributed by atoms with Crippen molar-refractivity contribution in [3.05, 3.63) is 34.7 Å². The summed E-state index contributed by atoms with van der Waals surface area (Å²) >= 11 is 1.70. The van der Waals surface area contributed by atoms with Crippen LogP contribution in [-0.4, -0.2) is 11.1 Å². The maximum Gasteiger partial charge on any atom is 0.307 e. The lowest BCUT2D eigenvalue weighted by molar-refractivity contribution is -0.136. The van der Waals surface area contributed by atoms with Gasteiger partial charge in [0, 0.05) is 4.70 Å². The van der Waals surface area contributed by atoms with E-state index in [2.05, 4.69) is 13.0 Å². The molecule has 0 fully saturated rings. The quantitative estimate of drug-likeness (QED) is 0.879. The molecule has 0 aliphatic carbocycles. The number of carboxylic acid groups (broad SMARTS) is 1. The molecule has 0 amide bonds. The monoisotopic (exact) mass is 234 g/mol. The Kier molecular flexibility index (Phi) is 3.25. The van der Waals surface area contributed by atoms with Gasteiger partial charge in [-0.05, 0) is 34.4 Å². The van der Waals surface area contributed by atoms with E-state index in [4.69, 9.17) is 5.11 Å². The summed E-state index contributed by atoms with van der Waals surface area (Å²) in [5.74, 6) is -0.768. The molecule has 3 heteroatoms. The molecule has 1 aromatic carbocycles. The van der Waals surface area contributed by atoms with Crippen LogP contribution >= 0.6 is 11.3 Å². The van der Waals surface area contributed by atoms with Crippen LogP contribution in [0.1, 0.15) is 24.5 Å². The predicted molar refractivity (Wildman–Crippen MR) is 67.2 cm³/mol. The third-order valence-electron chi connectivity index (χ3n) is 2.65. The van der Waals surface area contributed by atoms with Crippen LogP contribution in [0, 0.1) is 0 Å². The summed E-state index contributed by atoms with van der Waals surface area (Å²) in [6, 6.07) is 6.05. The van der Waals surface area contributed by atoms with Crippen molar-refractivity contribution in [3.8, 4) is 0 Å². The molecule has 84 valence electrons. The maximum atomic E-state index is 10.7. The highest BCUT2D eigenvalue weighted by Crippen LogP contribution is 2.29. The van der Waals surface area contributed by atoms with Gasteiger partial charge in [-0.2, -0.15) is 0 Å². The van der Waals surface area contributed by atoms with Crippen LogP contribution in [0.25, 0.3) is 10.1 Å². The van der Waals surface area contributed by atoms with E-state index in [1.807, 2.05) is 17.5 Å². The lowest BCUT2D eigenvalue weighted by Gasteiger charge is -2.05. The first kappa shape index (κ1) is 11.1. The smallest absolute Gasteiger partial charge is 0.307 e. The lowest BCUT2D eigenvalue weighted by Crippen LogP contribution is -2.00. The number of benzene rings is 1. The summed E-state index contributed by atoms with van der Waals surface area (Å²) in [6.45, 7) is 2.16. The second-order valence-corrected chi connectivity index (χ2v) is 4.78. The first-order valence-electron chi connectivity index (χ1n) is 5.42. The van der Waals surface area contributed by atoms with E-state index in [1.54, 1.807) is 11.3 Å². The fourth-order valence-corrected chi connectivity index (χ4v) is 2.95. The molecule has 0 aliphatic rings. The molecule has 2 nitrogen and oxygen atoms in total. The van der Waals surface area contributed by atoms with E-state index in [9.17, 15) is 4.79 Å². The van der Waals surface area contributed by atoms with Gasteiger partial charge in [-0.1, -0.05) is 25.5 Å². The highest BCUT2D eigenvalue weighted by atomic mass is 32.1. The summed E-state index contributed by atoms with van der Waals surface area (Å²) in [5, 5.41) is 12.0. The van der Waals surface area contributed by atoms with Crippen molar-refractivity contribution in [2.45, 2.75) is 26.2 Å².